The fourth-order valence-electron chi connectivity index (χ4n) is 7.22. The van der Waals surface area contributed by atoms with Crippen LogP contribution in [-0.2, 0) is 0 Å². The molecule has 0 aliphatic heterocycles. The number of nitrogens with zero attached hydrogens (tertiary/aromatic N) is 2. The van der Waals surface area contributed by atoms with E-state index in [1.54, 1.807) is 0 Å². The number of hydrogen-bond acceptors (Lipinski definition) is 3. The molecular weight excluding hydrogens is 645 g/mol. The highest BCUT2D eigenvalue weighted by molar-refractivity contribution is 6.09. The highest BCUT2D eigenvalue weighted by Gasteiger charge is 2.14. The van der Waals surface area contributed by atoms with Gasteiger partial charge in [0, 0.05) is 16.3 Å². The van der Waals surface area contributed by atoms with Crippen LogP contribution in [0.4, 0.5) is 0 Å². The number of nitriles is 2. The van der Waals surface area contributed by atoms with Crippen molar-refractivity contribution >= 4 is 21.9 Å². The van der Waals surface area contributed by atoms with Crippen molar-refractivity contribution in [3.05, 3.63) is 193 Å². The standard InChI is InChI=1S/C50H30N2O/c51-31-33-7-3-9-39(25-33)35-17-21-37(22-18-35)43-28-44(38-23-19-36(20-24-38)40-10-4-8-34(26-40)32-52)30-45(29-43)41-11-5-12-42(27-41)46-14-6-15-48-47-13-1-2-16-49(47)53-50(46)48/h1-30H. The van der Waals surface area contributed by atoms with Gasteiger partial charge in [-0.2, -0.15) is 10.5 Å². The monoisotopic (exact) mass is 674 g/mol. The molecule has 0 aliphatic carbocycles. The van der Waals surface area contributed by atoms with Crippen LogP contribution in [0.3, 0.4) is 0 Å². The van der Waals surface area contributed by atoms with Gasteiger partial charge in [-0.3, -0.25) is 0 Å². The second-order valence-corrected chi connectivity index (χ2v) is 13.2. The molecule has 0 saturated carbocycles. The van der Waals surface area contributed by atoms with Crippen molar-refractivity contribution in [3.63, 3.8) is 0 Å². The van der Waals surface area contributed by atoms with Crippen molar-refractivity contribution in [2.75, 3.05) is 0 Å². The average molecular weight is 675 g/mol. The molecule has 0 bridgehead atoms. The van der Waals surface area contributed by atoms with Crippen LogP contribution in [0.25, 0.3) is 88.7 Å². The van der Waals surface area contributed by atoms with Gasteiger partial charge in [-0.1, -0.05) is 127 Å². The molecule has 1 heterocycles. The minimum atomic E-state index is 0.645. The average Bonchev–Trinajstić information content (AvgIpc) is 3.63. The summed E-state index contributed by atoms with van der Waals surface area (Å²) in [4.78, 5) is 0. The molecule has 1 aromatic heterocycles. The Morgan fingerprint density at radius 3 is 1.30 bits per heavy atom. The van der Waals surface area contributed by atoms with E-state index in [0.29, 0.717) is 11.1 Å². The van der Waals surface area contributed by atoms with Crippen molar-refractivity contribution in [1.29, 1.82) is 10.5 Å². The van der Waals surface area contributed by atoms with Crippen molar-refractivity contribution in [3.8, 4) is 78.9 Å². The van der Waals surface area contributed by atoms with Gasteiger partial charge in [0.05, 0.1) is 23.3 Å². The van der Waals surface area contributed by atoms with Crippen molar-refractivity contribution in [1.82, 2.24) is 0 Å². The summed E-state index contributed by atoms with van der Waals surface area (Å²) in [5.41, 5.74) is 16.0. The summed E-state index contributed by atoms with van der Waals surface area (Å²) < 4.78 is 6.41. The molecule has 0 saturated heterocycles. The van der Waals surface area contributed by atoms with Gasteiger partial charge in [0.1, 0.15) is 11.2 Å². The van der Waals surface area contributed by atoms with Crippen molar-refractivity contribution < 1.29 is 4.42 Å². The number of hydrogen-bond donors (Lipinski definition) is 0. The Kier molecular flexibility index (Phi) is 7.94. The smallest absolute Gasteiger partial charge is 0.143 e. The van der Waals surface area contributed by atoms with E-state index < -0.39 is 0 Å². The zero-order valence-corrected chi connectivity index (χ0v) is 28.6. The molecule has 0 N–H and O–H groups in total. The molecule has 0 atom stereocenters. The molecule has 0 radical (unpaired) electrons. The molecular formula is C50H30N2O. The van der Waals surface area contributed by atoms with Gasteiger partial charge in [-0.15, -0.1) is 0 Å². The maximum Gasteiger partial charge on any atom is 0.143 e. The Morgan fingerprint density at radius 1 is 0.321 bits per heavy atom. The van der Waals surface area contributed by atoms with Crippen LogP contribution >= 0.6 is 0 Å². The van der Waals surface area contributed by atoms with Gasteiger partial charge in [0.2, 0.25) is 0 Å². The number of benzene rings is 8. The van der Waals surface area contributed by atoms with E-state index in [1.165, 1.54) is 0 Å². The third kappa shape index (κ3) is 6.04. The van der Waals surface area contributed by atoms with Gasteiger partial charge in [0.25, 0.3) is 0 Å². The zero-order valence-electron chi connectivity index (χ0n) is 28.6. The third-order valence-electron chi connectivity index (χ3n) is 9.93. The first-order chi connectivity index (χ1) is 26.1. The Hall–Kier alpha value is -7.46. The normalized spacial score (nSPS) is 11.0. The third-order valence-corrected chi connectivity index (χ3v) is 9.93. The molecule has 3 heteroatoms. The molecule has 0 aliphatic rings. The fraction of sp³-hybridized carbons (Fsp3) is 0. The Balaban J connectivity index is 1.15. The predicted molar refractivity (Wildman–Crippen MR) is 216 cm³/mol. The Bertz CT molecular complexity index is 2780. The fourth-order valence-corrected chi connectivity index (χ4v) is 7.22. The number of furan rings is 1. The molecule has 0 amide bonds. The second-order valence-electron chi connectivity index (χ2n) is 13.2. The van der Waals surface area contributed by atoms with Crippen LogP contribution in [0.5, 0.6) is 0 Å². The summed E-state index contributed by atoms with van der Waals surface area (Å²) in [6, 6.07) is 67.0. The number of rotatable bonds is 6. The van der Waals surface area contributed by atoms with E-state index >= 15 is 0 Å². The molecule has 8 aromatic carbocycles. The molecule has 0 fully saturated rings. The van der Waals surface area contributed by atoms with E-state index in [4.69, 9.17) is 4.42 Å². The van der Waals surface area contributed by atoms with Crippen LogP contribution in [0.15, 0.2) is 186 Å². The molecule has 53 heavy (non-hydrogen) atoms. The maximum atomic E-state index is 9.43. The van der Waals surface area contributed by atoms with Crippen LogP contribution in [0.1, 0.15) is 11.1 Å². The topological polar surface area (TPSA) is 60.7 Å². The van der Waals surface area contributed by atoms with Gasteiger partial charge in [-0.25, -0.2) is 0 Å². The molecule has 0 spiro atoms. The summed E-state index contributed by atoms with van der Waals surface area (Å²) in [5.74, 6) is 0. The van der Waals surface area contributed by atoms with Gasteiger partial charge in [0.15, 0.2) is 0 Å². The molecule has 3 nitrogen and oxygen atoms in total. The Morgan fingerprint density at radius 2 is 0.736 bits per heavy atom. The molecule has 246 valence electrons. The largest absolute Gasteiger partial charge is 0.455 e. The van der Waals surface area contributed by atoms with Crippen LogP contribution in [0.2, 0.25) is 0 Å². The predicted octanol–water partition coefficient (Wildman–Crippen LogP) is 13.3. The van der Waals surface area contributed by atoms with E-state index in [9.17, 15) is 10.5 Å². The SMILES string of the molecule is N#Cc1cccc(-c2ccc(-c3cc(-c4ccc(-c5cccc(C#N)c5)cc4)cc(-c4cccc(-c5cccc6c5oc5ccccc56)c4)c3)cc2)c1. The van der Waals surface area contributed by atoms with Crippen molar-refractivity contribution in [2.45, 2.75) is 0 Å². The molecule has 9 aromatic rings. The van der Waals surface area contributed by atoms with E-state index in [2.05, 4.69) is 133 Å². The summed E-state index contributed by atoms with van der Waals surface area (Å²) >= 11 is 0. The molecule has 0 unspecified atom stereocenters. The summed E-state index contributed by atoms with van der Waals surface area (Å²) in [6.45, 7) is 0. The lowest BCUT2D eigenvalue weighted by Gasteiger charge is -2.13. The number of fused-ring (bicyclic) bond motifs is 3. The molecule has 9 rings (SSSR count). The van der Waals surface area contributed by atoms with Gasteiger partial charge in [-0.05, 0) is 116 Å². The first-order valence-electron chi connectivity index (χ1n) is 17.5. The highest BCUT2D eigenvalue weighted by atomic mass is 16.3. The first-order valence-corrected chi connectivity index (χ1v) is 17.5. The van der Waals surface area contributed by atoms with Crippen LogP contribution < -0.4 is 0 Å². The lowest BCUT2D eigenvalue weighted by Crippen LogP contribution is -1.88. The zero-order chi connectivity index (χ0) is 35.7. The maximum absolute atomic E-state index is 9.43. The summed E-state index contributed by atoms with van der Waals surface area (Å²) in [6.07, 6.45) is 0. The Labute approximate surface area is 307 Å². The van der Waals surface area contributed by atoms with E-state index in [1.807, 2.05) is 60.7 Å². The lowest BCUT2D eigenvalue weighted by atomic mass is 9.91. The first kappa shape index (κ1) is 31.5. The second kappa shape index (κ2) is 13.3. The van der Waals surface area contributed by atoms with Crippen molar-refractivity contribution in [2.24, 2.45) is 0 Å². The lowest BCUT2D eigenvalue weighted by molar-refractivity contribution is 0.670. The minimum absolute atomic E-state index is 0.645. The van der Waals surface area contributed by atoms with Crippen LogP contribution in [0, 0.1) is 22.7 Å². The van der Waals surface area contributed by atoms with E-state index in [0.717, 1.165) is 88.7 Å². The summed E-state index contributed by atoms with van der Waals surface area (Å²) in [7, 11) is 0. The highest BCUT2D eigenvalue weighted by Crippen LogP contribution is 2.39. The minimum Gasteiger partial charge on any atom is -0.455 e. The van der Waals surface area contributed by atoms with Gasteiger partial charge < -0.3 is 4.42 Å². The van der Waals surface area contributed by atoms with Crippen LogP contribution in [-0.4, -0.2) is 0 Å². The quantitative estimate of drug-likeness (QED) is 0.176. The van der Waals surface area contributed by atoms with E-state index in [-0.39, 0.29) is 0 Å². The van der Waals surface area contributed by atoms with Gasteiger partial charge >= 0.3 is 0 Å². The number of para-hydroxylation sites is 2. The summed E-state index contributed by atoms with van der Waals surface area (Å²) in [5, 5.41) is 21.1.